The molecule has 0 amide bonds. The van der Waals surface area contributed by atoms with E-state index in [1.807, 2.05) is 13.0 Å². The summed E-state index contributed by atoms with van der Waals surface area (Å²) in [6, 6.07) is 0. The number of nitrogens with one attached hydrogen (secondary N) is 2. The van der Waals surface area contributed by atoms with Crippen LogP contribution in [0.2, 0.25) is 0 Å². The Morgan fingerprint density at radius 1 is 1.45 bits per heavy atom. The molecule has 4 nitrogen and oxygen atoms in total. The van der Waals surface area contributed by atoms with Gasteiger partial charge in [-0.15, -0.1) is 41.9 Å². The van der Waals surface area contributed by atoms with E-state index in [4.69, 9.17) is 0 Å². The number of thiazole rings is 1. The lowest BCUT2D eigenvalue weighted by Crippen LogP contribution is -2.37. The fourth-order valence-electron chi connectivity index (χ4n) is 1.39. The molecule has 0 saturated heterocycles. The van der Waals surface area contributed by atoms with E-state index in [-0.39, 0.29) is 29.4 Å². The smallest absolute Gasteiger partial charge is 0.191 e. The monoisotopic (exact) mass is 408 g/mol. The number of aromatic nitrogens is 1. The predicted octanol–water partition coefficient (Wildman–Crippen LogP) is 3.30. The Balaban J connectivity index is 0.00000361. The molecule has 1 aromatic rings. The lowest BCUT2D eigenvalue weighted by atomic mass is 9.98. The molecular formula is C14H25IN4S. The van der Waals surface area contributed by atoms with Crippen LogP contribution in [-0.4, -0.2) is 24.0 Å². The third-order valence-electron chi connectivity index (χ3n) is 2.35. The number of halogens is 1. The lowest BCUT2D eigenvalue weighted by Gasteiger charge is -2.13. The maximum Gasteiger partial charge on any atom is 0.191 e. The van der Waals surface area contributed by atoms with E-state index in [1.54, 1.807) is 11.3 Å². The zero-order valence-electron chi connectivity index (χ0n) is 12.7. The molecule has 1 heterocycles. The molecule has 0 fully saturated rings. The van der Waals surface area contributed by atoms with Crippen LogP contribution in [0.1, 0.15) is 38.4 Å². The SMILES string of the molecule is C=CCNC(=NCc1csc(C(C)(C)C)n1)NCC.I. The van der Waals surface area contributed by atoms with Gasteiger partial charge in [-0.3, -0.25) is 0 Å². The van der Waals surface area contributed by atoms with E-state index in [1.165, 1.54) is 0 Å². The van der Waals surface area contributed by atoms with Crippen LogP contribution < -0.4 is 10.6 Å². The number of nitrogens with zero attached hydrogens (tertiary/aromatic N) is 2. The van der Waals surface area contributed by atoms with Crippen LogP contribution in [0.15, 0.2) is 23.0 Å². The van der Waals surface area contributed by atoms with Crippen molar-refractivity contribution in [2.24, 2.45) is 4.99 Å². The molecule has 0 radical (unpaired) electrons. The minimum atomic E-state index is 0. The molecular weight excluding hydrogens is 383 g/mol. The Bertz CT molecular complexity index is 435. The summed E-state index contributed by atoms with van der Waals surface area (Å²) in [4.78, 5) is 9.14. The van der Waals surface area contributed by atoms with Gasteiger partial charge in [0.1, 0.15) is 0 Å². The number of rotatable bonds is 5. The summed E-state index contributed by atoms with van der Waals surface area (Å²) in [5, 5.41) is 9.60. The zero-order valence-corrected chi connectivity index (χ0v) is 15.8. The lowest BCUT2D eigenvalue weighted by molar-refractivity contribution is 0.583. The Morgan fingerprint density at radius 2 is 2.15 bits per heavy atom. The van der Waals surface area contributed by atoms with E-state index >= 15 is 0 Å². The Labute approximate surface area is 143 Å². The number of hydrogen-bond acceptors (Lipinski definition) is 3. The number of guanidine groups is 1. The second-order valence-corrected chi connectivity index (χ2v) is 6.12. The summed E-state index contributed by atoms with van der Waals surface area (Å²) >= 11 is 1.70. The van der Waals surface area contributed by atoms with Crippen molar-refractivity contribution in [2.45, 2.75) is 39.7 Å². The average Bonchev–Trinajstić information content (AvgIpc) is 2.81. The molecule has 0 bridgehead atoms. The van der Waals surface area contributed by atoms with Crippen LogP contribution in [0, 0.1) is 0 Å². The van der Waals surface area contributed by atoms with Gasteiger partial charge in [-0.1, -0.05) is 26.8 Å². The Kier molecular flexibility index (Phi) is 9.04. The van der Waals surface area contributed by atoms with Crippen molar-refractivity contribution in [1.29, 1.82) is 0 Å². The van der Waals surface area contributed by atoms with Gasteiger partial charge in [0.05, 0.1) is 17.2 Å². The molecule has 0 atom stereocenters. The van der Waals surface area contributed by atoms with Crippen LogP contribution in [-0.2, 0) is 12.0 Å². The van der Waals surface area contributed by atoms with Gasteiger partial charge in [0.25, 0.3) is 0 Å². The quantitative estimate of drug-likeness (QED) is 0.340. The van der Waals surface area contributed by atoms with Crippen molar-refractivity contribution in [3.63, 3.8) is 0 Å². The molecule has 0 aliphatic heterocycles. The molecule has 0 spiro atoms. The molecule has 0 aromatic carbocycles. The van der Waals surface area contributed by atoms with Gasteiger partial charge >= 0.3 is 0 Å². The standard InChI is InChI=1S/C14H24N4S.HI/c1-6-8-16-13(15-7-2)17-9-11-10-19-12(18-11)14(3,4)5;/h6,10H,1,7-9H2,2-5H3,(H2,15,16,17);1H. The van der Waals surface area contributed by atoms with E-state index in [9.17, 15) is 0 Å². The van der Waals surface area contributed by atoms with E-state index in [0.717, 1.165) is 23.2 Å². The highest BCUT2D eigenvalue weighted by Crippen LogP contribution is 2.25. The first-order valence-electron chi connectivity index (χ1n) is 6.55. The van der Waals surface area contributed by atoms with E-state index in [0.29, 0.717) is 13.1 Å². The molecule has 0 aliphatic carbocycles. The molecule has 0 aliphatic rings. The zero-order chi connectivity index (χ0) is 14.3. The number of hydrogen-bond donors (Lipinski definition) is 2. The molecule has 1 aromatic heterocycles. The van der Waals surface area contributed by atoms with Crippen molar-refractivity contribution in [2.75, 3.05) is 13.1 Å². The molecule has 114 valence electrons. The van der Waals surface area contributed by atoms with Gasteiger partial charge in [0.2, 0.25) is 0 Å². The van der Waals surface area contributed by atoms with Crippen LogP contribution in [0.4, 0.5) is 0 Å². The normalized spacial score (nSPS) is 11.7. The maximum atomic E-state index is 4.63. The van der Waals surface area contributed by atoms with Crippen molar-refractivity contribution in [1.82, 2.24) is 15.6 Å². The largest absolute Gasteiger partial charge is 0.357 e. The third kappa shape index (κ3) is 6.69. The van der Waals surface area contributed by atoms with Crippen LogP contribution in [0.25, 0.3) is 0 Å². The molecule has 2 N–H and O–H groups in total. The summed E-state index contributed by atoms with van der Waals surface area (Å²) in [6.07, 6.45) is 1.81. The molecule has 1 rings (SSSR count). The highest BCUT2D eigenvalue weighted by Gasteiger charge is 2.17. The van der Waals surface area contributed by atoms with Crippen molar-refractivity contribution >= 4 is 41.3 Å². The third-order valence-corrected chi connectivity index (χ3v) is 3.67. The highest BCUT2D eigenvalue weighted by atomic mass is 127. The summed E-state index contributed by atoms with van der Waals surface area (Å²) in [7, 11) is 0. The molecule has 0 saturated carbocycles. The van der Waals surface area contributed by atoms with Crippen molar-refractivity contribution < 1.29 is 0 Å². The Morgan fingerprint density at radius 3 is 2.65 bits per heavy atom. The summed E-state index contributed by atoms with van der Waals surface area (Å²) in [6.45, 7) is 14.4. The first-order chi connectivity index (χ1) is 8.97. The summed E-state index contributed by atoms with van der Waals surface area (Å²) < 4.78 is 0. The van der Waals surface area contributed by atoms with Crippen molar-refractivity contribution in [3.8, 4) is 0 Å². The fraction of sp³-hybridized carbons (Fsp3) is 0.571. The van der Waals surface area contributed by atoms with E-state index in [2.05, 4.69) is 53.3 Å². The van der Waals surface area contributed by atoms with E-state index < -0.39 is 0 Å². The predicted molar refractivity (Wildman–Crippen MR) is 99.2 cm³/mol. The van der Waals surface area contributed by atoms with Crippen LogP contribution >= 0.6 is 35.3 Å². The second kappa shape index (κ2) is 9.33. The van der Waals surface area contributed by atoms with Gasteiger partial charge in [0, 0.05) is 23.9 Å². The topological polar surface area (TPSA) is 49.3 Å². The second-order valence-electron chi connectivity index (χ2n) is 5.26. The Hall–Kier alpha value is -0.630. The summed E-state index contributed by atoms with van der Waals surface area (Å²) in [5.41, 5.74) is 1.13. The van der Waals surface area contributed by atoms with Gasteiger partial charge in [-0.2, -0.15) is 0 Å². The fourth-order valence-corrected chi connectivity index (χ4v) is 2.29. The minimum absolute atomic E-state index is 0. The van der Waals surface area contributed by atoms with Gasteiger partial charge in [-0.05, 0) is 6.92 Å². The van der Waals surface area contributed by atoms with Crippen molar-refractivity contribution in [3.05, 3.63) is 28.7 Å². The summed E-state index contributed by atoms with van der Waals surface area (Å²) in [5.74, 6) is 0.799. The molecule has 0 unspecified atom stereocenters. The first kappa shape index (κ1) is 19.4. The molecule has 20 heavy (non-hydrogen) atoms. The number of aliphatic imine (C=N–C) groups is 1. The average molecular weight is 408 g/mol. The van der Waals surface area contributed by atoms with Crippen LogP contribution in [0.3, 0.4) is 0 Å². The molecule has 6 heteroatoms. The van der Waals surface area contributed by atoms with Gasteiger partial charge in [0.15, 0.2) is 5.96 Å². The minimum Gasteiger partial charge on any atom is -0.357 e. The van der Waals surface area contributed by atoms with Crippen LogP contribution in [0.5, 0.6) is 0 Å². The first-order valence-corrected chi connectivity index (χ1v) is 7.43. The van der Waals surface area contributed by atoms with Gasteiger partial charge < -0.3 is 10.6 Å². The maximum absolute atomic E-state index is 4.63. The van der Waals surface area contributed by atoms with Gasteiger partial charge in [-0.25, -0.2) is 9.98 Å². The highest BCUT2D eigenvalue weighted by molar-refractivity contribution is 14.0.